The monoisotopic (exact) mass is 394 g/mol. The topological polar surface area (TPSA) is 67.4 Å². The number of amides is 2. The van der Waals surface area contributed by atoms with Crippen LogP contribution in [0, 0.1) is 20.8 Å². The smallest absolute Gasteiger partial charge is 0.251 e. The van der Waals surface area contributed by atoms with Crippen molar-refractivity contribution in [3.8, 4) is 5.75 Å². The fourth-order valence-corrected chi connectivity index (χ4v) is 3.35. The Balaban J connectivity index is 2.03. The lowest BCUT2D eigenvalue weighted by atomic mass is 10.1. The van der Waals surface area contributed by atoms with Gasteiger partial charge in [0.2, 0.25) is 5.91 Å². The van der Waals surface area contributed by atoms with E-state index in [1.807, 2.05) is 32.9 Å². The Bertz CT molecular complexity index is 820. The highest BCUT2D eigenvalue weighted by molar-refractivity contribution is 6.37. The van der Waals surface area contributed by atoms with Crippen molar-refractivity contribution in [3.63, 3.8) is 0 Å². The van der Waals surface area contributed by atoms with E-state index in [0.29, 0.717) is 5.75 Å². The molecule has 2 amide bonds. The van der Waals surface area contributed by atoms with Crippen molar-refractivity contribution in [2.24, 2.45) is 0 Å². The van der Waals surface area contributed by atoms with Gasteiger partial charge in [0.05, 0.1) is 23.7 Å². The van der Waals surface area contributed by atoms with Crippen molar-refractivity contribution in [2.75, 3.05) is 19.0 Å². The molecule has 0 bridgehead atoms. The number of carbonyl (C=O) groups excluding carboxylic acids is 2. The van der Waals surface area contributed by atoms with Gasteiger partial charge in [-0.15, -0.1) is 0 Å². The summed E-state index contributed by atoms with van der Waals surface area (Å²) in [5.41, 5.74) is 4.06. The normalized spacial score (nSPS) is 10.4. The number of hydrogen-bond donors (Lipinski definition) is 2. The Morgan fingerprint density at radius 2 is 1.54 bits per heavy atom. The molecule has 2 N–H and O–H groups in total. The van der Waals surface area contributed by atoms with Gasteiger partial charge >= 0.3 is 0 Å². The maximum atomic E-state index is 12.2. The van der Waals surface area contributed by atoms with Gasteiger partial charge in [-0.2, -0.15) is 0 Å². The van der Waals surface area contributed by atoms with Crippen LogP contribution in [0.4, 0.5) is 5.69 Å². The van der Waals surface area contributed by atoms with E-state index in [2.05, 4.69) is 10.6 Å². The van der Waals surface area contributed by atoms with Gasteiger partial charge in [0.15, 0.2) is 5.75 Å². The van der Waals surface area contributed by atoms with E-state index in [-0.39, 0.29) is 28.1 Å². The van der Waals surface area contributed by atoms with Crippen molar-refractivity contribution in [3.05, 3.63) is 56.6 Å². The van der Waals surface area contributed by atoms with E-state index >= 15 is 0 Å². The lowest BCUT2D eigenvalue weighted by Crippen LogP contribution is -2.33. The molecule has 0 spiro atoms. The largest absolute Gasteiger partial charge is 0.494 e. The average molecular weight is 395 g/mol. The molecule has 2 aromatic rings. The van der Waals surface area contributed by atoms with E-state index in [9.17, 15) is 9.59 Å². The average Bonchev–Trinajstić information content (AvgIpc) is 2.55. The summed E-state index contributed by atoms with van der Waals surface area (Å²) >= 11 is 12.1. The van der Waals surface area contributed by atoms with Gasteiger partial charge < -0.3 is 15.4 Å². The number of halogens is 2. The highest BCUT2D eigenvalue weighted by atomic mass is 35.5. The highest BCUT2D eigenvalue weighted by Crippen LogP contribution is 2.33. The number of carbonyl (C=O) groups is 2. The second-order valence-corrected chi connectivity index (χ2v) is 6.79. The molecular formula is C19H20Cl2N2O3. The van der Waals surface area contributed by atoms with Crippen LogP contribution in [0.3, 0.4) is 0 Å². The molecule has 2 aromatic carbocycles. The fourth-order valence-electron chi connectivity index (χ4n) is 2.71. The van der Waals surface area contributed by atoms with E-state index in [0.717, 1.165) is 22.4 Å². The molecule has 0 heterocycles. The summed E-state index contributed by atoms with van der Waals surface area (Å²) < 4.78 is 5.05. The molecule has 0 aromatic heterocycles. The van der Waals surface area contributed by atoms with Gasteiger partial charge in [0, 0.05) is 11.3 Å². The zero-order chi connectivity index (χ0) is 19.4. The van der Waals surface area contributed by atoms with Crippen molar-refractivity contribution < 1.29 is 14.3 Å². The summed E-state index contributed by atoms with van der Waals surface area (Å²) in [6, 6.07) is 6.85. The van der Waals surface area contributed by atoms with E-state index in [4.69, 9.17) is 27.9 Å². The highest BCUT2D eigenvalue weighted by Gasteiger charge is 2.15. The summed E-state index contributed by atoms with van der Waals surface area (Å²) in [6.45, 7) is 5.68. The van der Waals surface area contributed by atoms with Crippen LogP contribution in [0.25, 0.3) is 0 Å². The van der Waals surface area contributed by atoms with Crippen LogP contribution in [-0.4, -0.2) is 25.5 Å². The van der Waals surface area contributed by atoms with Crippen LogP contribution in [0.15, 0.2) is 24.3 Å². The molecule has 0 aliphatic rings. The predicted octanol–water partition coefficient (Wildman–Crippen LogP) is 4.30. The van der Waals surface area contributed by atoms with Gasteiger partial charge in [-0.3, -0.25) is 9.59 Å². The third-order valence-electron chi connectivity index (χ3n) is 3.82. The van der Waals surface area contributed by atoms with Crippen LogP contribution < -0.4 is 15.4 Å². The molecule has 2 rings (SSSR count). The maximum absolute atomic E-state index is 12.2. The number of anilines is 1. The Kier molecular flexibility index (Phi) is 6.51. The Hall–Kier alpha value is -2.24. The Morgan fingerprint density at radius 1 is 1.00 bits per heavy atom. The first kappa shape index (κ1) is 20.1. The molecule has 0 aliphatic carbocycles. The minimum absolute atomic E-state index is 0.174. The van der Waals surface area contributed by atoms with Gasteiger partial charge in [-0.05, 0) is 44.0 Å². The molecular weight excluding hydrogens is 375 g/mol. The van der Waals surface area contributed by atoms with Crippen molar-refractivity contribution >= 4 is 40.7 Å². The predicted molar refractivity (Wildman–Crippen MR) is 105 cm³/mol. The second-order valence-electron chi connectivity index (χ2n) is 5.98. The van der Waals surface area contributed by atoms with Crippen LogP contribution in [0.5, 0.6) is 5.75 Å². The maximum Gasteiger partial charge on any atom is 0.251 e. The van der Waals surface area contributed by atoms with Gasteiger partial charge in [-0.25, -0.2) is 0 Å². The summed E-state index contributed by atoms with van der Waals surface area (Å²) in [4.78, 5) is 24.4. The zero-order valence-electron chi connectivity index (χ0n) is 15.0. The quantitative estimate of drug-likeness (QED) is 0.794. The molecule has 138 valence electrons. The van der Waals surface area contributed by atoms with Crippen molar-refractivity contribution in [1.82, 2.24) is 5.32 Å². The van der Waals surface area contributed by atoms with E-state index < -0.39 is 5.91 Å². The molecule has 0 atom stereocenters. The number of hydrogen-bond acceptors (Lipinski definition) is 3. The van der Waals surface area contributed by atoms with Crippen molar-refractivity contribution in [1.29, 1.82) is 0 Å². The number of ether oxygens (including phenoxy) is 1. The molecule has 7 heteroatoms. The first-order valence-corrected chi connectivity index (χ1v) is 8.67. The SMILES string of the molecule is COc1c(Cl)cc(C(=O)NCC(=O)Nc2c(C)cc(C)cc2C)cc1Cl. The second kappa shape index (κ2) is 8.43. The number of benzene rings is 2. The lowest BCUT2D eigenvalue weighted by Gasteiger charge is -2.13. The zero-order valence-corrected chi connectivity index (χ0v) is 16.5. The minimum Gasteiger partial charge on any atom is -0.494 e. The first-order chi connectivity index (χ1) is 12.2. The third-order valence-corrected chi connectivity index (χ3v) is 4.38. The summed E-state index contributed by atoms with van der Waals surface area (Å²) in [6.07, 6.45) is 0. The summed E-state index contributed by atoms with van der Waals surface area (Å²) in [5, 5.41) is 5.83. The number of rotatable bonds is 5. The van der Waals surface area contributed by atoms with Crippen LogP contribution in [0.2, 0.25) is 10.0 Å². The van der Waals surface area contributed by atoms with Gasteiger partial charge in [0.25, 0.3) is 5.91 Å². The first-order valence-electron chi connectivity index (χ1n) is 7.92. The molecule has 0 saturated heterocycles. The number of aryl methyl sites for hydroxylation is 3. The summed E-state index contributed by atoms with van der Waals surface area (Å²) in [5.74, 6) is -0.476. The van der Waals surface area contributed by atoms with E-state index in [1.54, 1.807) is 0 Å². The van der Waals surface area contributed by atoms with Crippen molar-refractivity contribution in [2.45, 2.75) is 20.8 Å². The standard InChI is InChI=1S/C19H20Cl2N2O3/c1-10-5-11(2)17(12(3)6-10)23-16(24)9-22-19(25)13-7-14(20)18(26-4)15(21)8-13/h5-8H,9H2,1-4H3,(H,22,25)(H,23,24). The molecule has 0 radical (unpaired) electrons. The van der Waals surface area contributed by atoms with Crippen LogP contribution >= 0.6 is 23.2 Å². The van der Waals surface area contributed by atoms with Gasteiger partial charge in [-0.1, -0.05) is 40.9 Å². The molecule has 26 heavy (non-hydrogen) atoms. The third kappa shape index (κ3) is 4.68. The van der Waals surface area contributed by atoms with Crippen LogP contribution in [-0.2, 0) is 4.79 Å². The molecule has 0 unspecified atom stereocenters. The van der Waals surface area contributed by atoms with E-state index in [1.165, 1.54) is 19.2 Å². The fraction of sp³-hybridized carbons (Fsp3) is 0.263. The molecule has 5 nitrogen and oxygen atoms in total. The molecule has 0 aliphatic heterocycles. The number of nitrogens with one attached hydrogen (secondary N) is 2. The Labute approximate surface area is 162 Å². The lowest BCUT2D eigenvalue weighted by molar-refractivity contribution is -0.115. The van der Waals surface area contributed by atoms with Gasteiger partial charge in [0.1, 0.15) is 0 Å². The summed E-state index contributed by atoms with van der Waals surface area (Å²) in [7, 11) is 1.44. The molecule has 0 fully saturated rings. The minimum atomic E-state index is -0.455. The molecule has 0 saturated carbocycles. The van der Waals surface area contributed by atoms with Crippen LogP contribution in [0.1, 0.15) is 27.0 Å². The Morgan fingerprint density at radius 3 is 2.04 bits per heavy atom. The number of methoxy groups -OCH3 is 1.